The standard InChI is InChI=1S/C22H18N2O6/c25-23(26)12-11-19-13-20(29-15-17-7-3-1-4-8-17)14-21(22(19)24(27)28)30-16-18-9-5-2-6-10-18/h1-14H,15-16H2. The summed E-state index contributed by atoms with van der Waals surface area (Å²) in [6.45, 7) is 0.331. The Balaban J connectivity index is 1.94. The van der Waals surface area contributed by atoms with E-state index in [0.29, 0.717) is 11.9 Å². The van der Waals surface area contributed by atoms with Crippen molar-refractivity contribution in [1.29, 1.82) is 0 Å². The number of hydrogen-bond acceptors (Lipinski definition) is 6. The van der Waals surface area contributed by atoms with E-state index < -0.39 is 9.85 Å². The minimum absolute atomic E-state index is 0.0188. The molecule has 8 heteroatoms. The maximum Gasteiger partial charge on any atom is 0.318 e. The molecular weight excluding hydrogens is 388 g/mol. The van der Waals surface area contributed by atoms with Crippen LogP contribution in [0.5, 0.6) is 11.5 Å². The summed E-state index contributed by atoms with van der Waals surface area (Å²) in [6, 6.07) is 21.4. The van der Waals surface area contributed by atoms with Gasteiger partial charge in [-0.25, -0.2) is 0 Å². The molecular formula is C22H18N2O6. The van der Waals surface area contributed by atoms with Crippen molar-refractivity contribution in [3.63, 3.8) is 0 Å². The summed E-state index contributed by atoms with van der Waals surface area (Å²) in [7, 11) is 0. The summed E-state index contributed by atoms with van der Waals surface area (Å²) >= 11 is 0. The van der Waals surface area contributed by atoms with Crippen LogP contribution in [-0.4, -0.2) is 9.85 Å². The van der Waals surface area contributed by atoms with Crippen molar-refractivity contribution < 1.29 is 19.3 Å². The summed E-state index contributed by atoms with van der Waals surface area (Å²) in [6.07, 6.45) is 1.70. The lowest BCUT2D eigenvalue weighted by Crippen LogP contribution is -2.03. The van der Waals surface area contributed by atoms with Gasteiger partial charge in [-0.2, -0.15) is 0 Å². The molecule has 3 aromatic carbocycles. The Labute approximate surface area is 172 Å². The fourth-order valence-electron chi connectivity index (χ4n) is 2.74. The summed E-state index contributed by atoms with van der Waals surface area (Å²) in [4.78, 5) is 21.1. The number of nitrogens with zero attached hydrogens (tertiary/aromatic N) is 2. The maximum absolute atomic E-state index is 11.7. The third-order valence-corrected chi connectivity index (χ3v) is 4.12. The van der Waals surface area contributed by atoms with Gasteiger partial charge in [-0.15, -0.1) is 0 Å². The average Bonchev–Trinajstić information content (AvgIpc) is 2.75. The predicted molar refractivity (Wildman–Crippen MR) is 111 cm³/mol. The Morgan fingerprint density at radius 3 is 1.90 bits per heavy atom. The lowest BCUT2D eigenvalue weighted by atomic mass is 10.1. The molecule has 3 aromatic rings. The molecule has 0 saturated heterocycles. The highest BCUT2D eigenvalue weighted by molar-refractivity contribution is 5.68. The van der Waals surface area contributed by atoms with Gasteiger partial charge in [0.25, 0.3) is 0 Å². The van der Waals surface area contributed by atoms with Gasteiger partial charge in [0.15, 0.2) is 0 Å². The molecule has 0 heterocycles. The van der Waals surface area contributed by atoms with Crippen LogP contribution in [0.2, 0.25) is 0 Å². The molecule has 0 fully saturated rings. The van der Waals surface area contributed by atoms with Crippen LogP contribution >= 0.6 is 0 Å². The summed E-state index contributed by atoms with van der Waals surface area (Å²) in [5, 5.41) is 22.4. The van der Waals surface area contributed by atoms with Crippen LogP contribution < -0.4 is 9.47 Å². The zero-order valence-electron chi connectivity index (χ0n) is 15.8. The fraction of sp³-hybridized carbons (Fsp3) is 0.0909. The zero-order valence-corrected chi connectivity index (χ0v) is 15.8. The third kappa shape index (κ3) is 5.65. The Bertz CT molecular complexity index is 1050. The smallest absolute Gasteiger partial charge is 0.318 e. The van der Waals surface area contributed by atoms with Gasteiger partial charge in [-0.1, -0.05) is 60.7 Å². The van der Waals surface area contributed by atoms with Gasteiger partial charge >= 0.3 is 5.69 Å². The molecule has 0 aliphatic carbocycles. The van der Waals surface area contributed by atoms with Gasteiger partial charge < -0.3 is 9.47 Å². The van der Waals surface area contributed by atoms with E-state index >= 15 is 0 Å². The van der Waals surface area contributed by atoms with Crippen molar-refractivity contribution in [1.82, 2.24) is 0 Å². The van der Waals surface area contributed by atoms with E-state index in [4.69, 9.17) is 9.47 Å². The molecule has 0 saturated carbocycles. The van der Waals surface area contributed by atoms with Crippen LogP contribution in [-0.2, 0) is 13.2 Å². The second-order valence-corrected chi connectivity index (χ2v) is 6.27. The number of ether oxygens (including phenoxy) is 2. The van der Waals surface area contributed by atoms with Crippen molar-refractivity contribution in [2.75, 3.05) is 0 Å². The predicted octanol–water partition coefficient (Wildman–Crippen LogP) is 5.00. The van der Waals surface area contributed by atoms with Crippen LogP contribution in [0, 0.1) is 20.2 Å². The maximum atomic E-state index is 11.7. The van der Waals surface area contributed by atoms with Gasteiger partial charge in [0.1, 0.15) is 19.0 Å². The first-order valence-electron chi connectivity index (χ1n) is 9.00. The first kappa shape index (κ1) is 20.5. The molecule has 152 valence electrons. The molecule has 0 aliphatic heterocycles. The van der Waals surface area contributed by atoms with Gasteiger partial charge in [0, 0.05) is 12.1 Å². The quantitative estimate of drug-likeness (QED) is 0.366. The van der Waals surface area contributed by atoms with Crippen LogP contribution in [0.4, 0.5) is 5.69 Å². The van der Waals surface area contributed by atoms with Crippen LogP contribution in [0.3, 0.4) is 0 Å². The molecule has 30 heavy (non-hydrogen) atoms. The van der Waals surface area contributed by atoms with Crippen LogP contribution in [0.25, 0.3) is 6.08 Å². The van der Waals surface area contributed by atoms with Crippen molar-refractivity contribution in [2.24, 2.45) is 0 Å². The molecule has 0 spiro atoms. The molecule has 0 N–H and O–H groups in total. The van der Waals surface area contributed by atoms with Crippen LogP contribution in [0.1, 0.15) is 16.7 Å². The molecule has 0 aliphatic rings. The molecule has 0 bridgehead atoms. The van der Waals surface area contributed by atoms with Crippen molar-refractivity contribution in [2.45, 2.75) is 13.2 Å². The summed E-state index contributed by atoms with van der Waals surface area (Å²) in [5.41, 5.74) is 1.39. The van der Waals surface area contributed by atoms with E-state index in [1.54, 1.807) is 0 Å². The molecule has 0 unspecified atom stereocenters. The van der Waals surface area contributed by atoms with Gasteiger partial charge in [-0.3, -0.25) is 20.2 Å². The van der Waals surface area contributed by atoms with Crippen molar-refractivity contribution in [3.8, 4) is 11.5 Å². The number of benzene rings is 3. The third-order valence-electron chi connectivity index (χ3n) is 4.12. The highest BCUT2D eigenvalue weighted by atomic mass is 16.6. The normalized spacial score (nSPS) is 10.7. The summed E-state index contributed by atoms with van der Waals surface area (Å²) in [5.74, 6) is 0.271. The van der Waals surface area contributed by atoms with E-state index in [1.807, 2.05) is 60.7 Å². The van der Waals surface area contributed by atoms with E-state index in [1.165, 1.54) is 12.1 Å². The highest BCUT2D eigenvalue weighted by Crippen LogP contribution is 2.37. The zero-order chi connectivity index (χ0) is 21.3. The Kier molecular flexibility index (Phi) is 6.73. The SMILES string of the molecule is O=[N+]([O-])C=Cc1cc(OCc2ccccc2)cc(OCc2ccccc2)c1[N+](=O)[O-]. The molecule has 0 amide bonds. The first-order chi connectivity index (χ1) is 14.5. The van der Waals surface area contributed by atoms with Crippen molar-refractivity contribution >= 4 is 11.8 Å². The lowest BCUT2D eigenvalue weighted by molar-refractivity contribution is -0.401. The molecule has 3 rings (SSSR count). The first-order valence-corrected chi connectivity index (χ1v) is 9.00. The largest absolute Gasteiger partial charge is 0.489 e. The van der Waals surface area contributed by atoms with Gasteiger partial charge in [-0.05, 0) is 17.2 Å². The average molecular weight is 406 g/mol. The summed E-state index contributed by atoms with van der Waals surface area (Å²) < 4.78 is 11.5. The monoisotopic (exact) mass is 406 g/mol. The van der Waals surface area contributed by atoms with E-state index in [9.17, 15) is 20.2 Å². The Morgan fingerprint density at radius 1 is 0.800 bits per heavy atom. The van der Waals surface area contributed by atoms with E-state index in [-0.39, 0.29) is 30.2 Å². The van der Waals surface area contributed by atoms with Gasteiger partial charge in [0.2, 0.25) is 11.9 Å². The molecule has 0 aromatic heterocycles. The number of rotatable bonds is 9. The Hall–Kier alpha value is -4.20. The minimum Gasteiger partial charge on any atom is -0.489 e. The van der Waals surface area contributed by atoms with E-state index in [0.717, 1.165) is 17.2 Å². The number of nitro groups is 2. The van der Waals surface area contributed by atoms with Gasteiger partial charge in [0.05, 0.1) is 15.4 Å². The lowest BCUT2D eigenvalue weighted by Gasteiger charge is -2.12. The fourth-order valence-corrected chi connectivity index (χ4v) is 2.74. The Morgan fingerprint density at radius 2 is 1.37 bits per heavy atom. The number of hydrogen-bond donors (Lipinski definition) is 0. The number of nitro benzene ring substituents is 1. The van der Waals surface area contributed by atoms with Crippen LogP contribution in [0.15, 0.2) is 79.0 Å². The minimum atomic E-state index is -0.689. The highest BCUT2D eigenvalue weighted by Gasteiger charge is 2.23. The molecule has 0 radical (unpaired) electrons. The van der Waals surface area contributed by atoms with E-state index in [2.05, 4.69) is 0 Å². The molecule has 8 nitrogen and oxygen atoms in total. The second-order valence-electron chi connectivity index (χ2n) is 6.27. The van der Waals surface area contributed by atoms with Crippen molar-refractivity contribution in [3.05, 3.63) is 116 Å². The second kappa shape index (κ2) is 9.83. The topological polar surface area (TPSA) is 105 Å². The molecule has 0 atom stereocenters.